The van der Waals surface area contributed by atoms with E-state index in [1.807, 2.05) is 37.3 Å². The van der Waals surface area contributed by atoms with Crippen LogP contribution in [0.15, 0.2) is 30.3 Å². The first-order valence-corrected chi connectivity index (χ1v) is 4.98. The topological polar surface area (TPSA) is 21.3 Å². The second kappa shape index (κ2) is 5.86. The van der Waals surface area contributed by atoms with Gasteiger partial charge in [-0.15, -0.1) is 13.2 Å². The molecule has 0 aromatic heterocycles. The highest BCUT2D eigenvalue weighted by Crippen LogP contribution is 2.15. The minimum atomic E-state index is -4.54. The van der Waals surface area contributed by atoms with Crippen LogP contribution in [-0.2, 0) is 4.74 Å². The van der Waals surface area contributed by atoms with E-state index in [9.17, 15) is 13.2 Å². The Morgan fingerprint density at radius 1 is 1.25 bits per heavy atom. The Labute approximate surface area is 92.4 Å². The highest BCUT2D eigenvalue weighted by Gasteiger charge is 2.28. The summed E-state index contributed by atoms with van der Waals surface area (Å²) in [4.78, 5) is 0. The first-order valence-electron chi connectivity index (χ1n) is 4.98. The van der Waals surface area contributed by atoms with Crippen LogP contribution in [0.2, 0.25) is 0 Å². The van der Waals surface area contributed by atoms with Crippen molar-refractivity contribution in [1.82, 2.24) is 5.32 Å². The minimum absolute atomic E-state index is 0.0121. The van der Waals surface area contributed by atoms with Gasteiger partial charge >= 0.3 is 6.36 Å². The molecular weight excluding hydrogens is 219 g/mol. The van der Waals surface area contributed by atoms with Gasteiger partial charge in [0.15, 0.2) is 0 Å². The SMILES string of the molecule is C[C@@H](NCCOC(F)(F)F)c1ccccc1. The lowest BCUT2D eigenvalue weighted by Gasteiger charge is -2.14. The molecule has 1 N–H and O–H groups in total. The minimum Gasteiger partial charge on any atom is -0.308 e. The molecule has 0 heterocycles. The molecule has 0 saturated carbocycles. The molecule has 0 unspecified atom stereocenters. The van der Waals surface area contributed by atoms with E-state index in [1.165, 1.54) is 0 Å². The van der Waals surface area contributed by atoms with E-state index in [2.05, 4.69) is 10.1 Å². The van der Waals surface area contributed by atoms with Crippen molar-refractivity contribution >= 4 is 0 Å². The van der Waals surface area contributed by atoms with Gasteiger partial charge in [0.05, 0.1) is 6.61 Å². The lowest BCUT2D eigenvalue weighted by atomic mass is 10.1. The highest BCUT2D eigenvalue weighted by atomic mass is 19.4. The predicted octanol–water partition coefficient (Wildman–Crippen LogP) is 2.87. The maximum atomic E-state index is 11.7. The number of halogens is 3. The molecule has 0 aliphatic carbocycles. The molecule has 0 aliphatic rings. The monoisotopic (exact) mass is 233 g/mol. The van der Waals surface area contributed by atoms with Gasteiger partial charge in [-0.1, -0.05) is 30.3 Å². The second-order valence-electron chi connectivity index (χ2n) is 3.38. The van der Waals surface area contributed by atoms with Crippen LogP contribution in [0, 0.1) is 0 Å². The summed E-state index contributed by atoms with van der Waals surface area (Å²) in [7, 11) is 0. The van der Waals surface area contributed by atoms with Gasteiger partial charge in [0.1, 0.15) is 0 Å². The zero-order valence-corrected chi connectivity index (χ0v) is 8.92. The van der Waals surface area contributed by atoms with Gasteiger partial charge in [-0.25, -0.2) is 0 Å². The third-order valence-corrected chi connectivity index (χ3v) is 2.12. The Bertz CT molecular complexity index is 300. The third-order valence-electron chi connectivity index (χ3n) is 2.12. The normalized spacial score (nSPS) is 13.8. The van der Waals surface area contributed by atoms with Crippen molar-refractivity contribution in [2.24, 2.45) is 0 Å². The van der Waals surface area contributed by atoms with Crippen molar-refractivity contribution in [2.45, 2.75) is 19.3 Å². The van der Waals surface area contributed by atoms with Crippen LogP contribution in [0.4, 0.5) is 13.2 Å². The Hall–Kier alpha value is -1.07. The lowest BCUT2D eigenvalue weighted by molar-refractivity contribution is -0.323. The number of alkyl halides is 3. The van der Waals surface area contributed by atoms with Crippen molar-refractivity contribution in [3.63, 3.8) is 0 Å². The molecule has 1 aromatic carbocycles. The zero-order chi connectivity index (χ0) is 12.0. The fourth-order valence-corrected chi connectivity index (χ4v) is 1.30. The molecule has 2 nitrogen and oxygen atoms in total. The average molecular weight is 233 g/mol. The number of hydrogen-bond acceptors (Lipinski definition) is 2. The van der Waals surface area contributed by atoms with E-state index in [4.69, 9.17) is 0 Å². The lowest BCUT2D eigenvalue weighted by Crippen LogP contribution is -2.26. The van der Waals surface area contributed by atoms with E-state index in [0.717, 1.165) is 5.56 Å². The summed E-state index contributed by atoms with van der Waals surface area (Å²) in [5, 5.41) is 2.95. The van der Waals surface area contributed by atoms with Crippen LogP contribution in [0.1, 0.15) is 18.5 Å². The van der Waals surface area contributed by atoms with E-state index in [-0.39, 0.29) is 19.2 Å². The van der Waals surface area contributed by atoms with Crippen molar-refractivity contribution in [2.75, 3.05) is 13.2 Å². The zero-order valence-electron chi connectivity index (χ0n) is 8.92. The summed E-state index contributed by atoms with van der Waals surface area (Å²) in [6.45, 7) is 1.68. The van der Waals surface area contributed by atoms with Gasteiger partial charge in [-0.2, -0.15) is 0 Å². The van der Waals surface area contributed by atoms with Crippen LogP contribution in [-0.4, -0.2) is 19.5 Å². The standard InChI is InChI=1S/C11H14F3NO/c1-9(10-5-3-2-4-6-10)15-7-8-16-11(12,13)14/h2-6,9,15H,7-8H2,1H3/t9-/m1/s1. The molecule has 0 amide bonds. The first-order chi connectivity index (χ1) is 7.49. The largest absolute Gasteiger partial charge is 0.522 e. The second-order valence-corrected chi connectivity index (χ2v) is 3.38. The molecule has 0 saturated heterocycles. The maximum Gasteiger partial charge on any atom is 0.522 e. The fourth-order valence-electron chi connectivity index (χ4n) is 1.30. The van der Waals surface area contributed by atoms with E-state index < -0.39 is 6.36 Å². The number of ether oxygens (including phenoxy) is 1. The molecule has 1 atom stereocenters. The van der Waals surface area contributed by atoms with Gasteiger partial charge < -0.3 is 5.32 Å². The molecule has 0 aliphatic heterocycles. The summed E-state index contributed by atoms with van der Waals surface area (Å²) in [6, 6.07) is 9.52. The van der Waals surface area contributed by atoms with Gasteiger partial charge in [0.2, 0.25) is 0 Å². The molecule has 1 aromatic rings. The summed E-state index contributed by atoms with van der Waals surface area (Å²) in [5.74, 6) is 0. The average Bonchev–Trinajstić information content (AvgIpc) is 2.24. The molecule has 0 fully saturated rings. The smallest absolute Gasteiger partial charge is 0.308 e. The highest BCUT2D eigenvalue weighted by molar-refractivity contribution is 5.17. The first kappa shape index (κ1) is 13.0. The Morgan fingerprint density at radius 2 is 1.88 bits per heavy atom. The molecule has 16 heavy (non-hydrogen) atoms. The Balaban J connectivity index is 2.24. The van der Waals surface area contributed by atoms with E-state index in [1.54, 1.807) is 0 Å². The van der Waals surface area contributed by atoms with Crippen LogP contribution < -0.4 is 5.32 Å². The maximum absolute atomic E-state index is 11.7. The van der Waals surface area contributed by atoms with E-state index in [0.29, 0.717) is 0 Å². The third kappa shape index (κ3) is 5.14. The van der Waals surface area contributed by atoms with Crippen LogP contribution in [0.3, 0.4) is 0 Å². The molecule has 1 rings (SSSR count). The van der Waals surface area contributed by atoms with Gasteiger partial charge in [0, 0.05) is 12.6 Å². The summed E-state index contributed by atoms with van der Waals surface area (Å²) >= 11 is 0. The molecule has 0 bridgehead atoms. The van der Waals surface area contributed by atoms with Gasteiger partial charge in [-0.05, 0) is 12.5 Å². The Kier molecular flexibility index (Phi) is 4.76. The molecule has 90 valence electrons. The van der Waals surface area contributed by atoms with Crippen molar-refractivity contribution in [3.8, 4) is 0 Å². The van der Waals surface area contributed by atoms with Crippen molar-refractivity contribution in [3.05, 3.63) is 35.9 Å². The number of nitrogens with one attached hydrogen (secondary N) is 1. The van der Waals surface area contributed by atoms with Crippen LogP contribution in [0.25, 0.3) is 0 Å². The van der Waals surface area contributed by atoms with Gasteiger partial charge in [-0.3, -0.25) is 4.74 Å². The number of rotatable bonds is 5. The summed E-state index contributed by atoms with van der Waals surface area (Å²) in [6.07, 6.45) is -4.54. The van der Waals surface area contributed by atoms with E-state index >= 15 is 0 Å². The molecular formula is C11H14F3NO. The van der Waals surface area contributed by atoms with Crippen molar-refractivity contribution < 1.29 is 17.9 Å². The molecule has 0 radical (unpaired) electrons. The number of benzene rings is 1. The van der Waals surface area contributed by atoms with Crippen molar-refractivity contribution in [1.29, 1.82) is 0 Å². The Morgan fingerprint density at radius 3 is 2.44 bits per heavy atom. The molecule has 0 spiro atoms. The number of hydrogen-bond donors (Lipinski definition) is 1. The summed E-state index contributed by atoms with van der Waals surface area (Å²) in [5.41, 5.74) is 1.04. The van der Waals surface area contributed by atoms with Gasteiger partial charge in [0.25, 0.3) is 0 Å². The summed E-state index contributed by atoms with van der Waals surface area (Å²) < 4.78 is 38.6. The molecule has 5 heteroatoms. The van der Waals surface area contributed by atoms with Crippen LogP contribution in [0.5, 0.6) is 0 Å². The fraction of sp³-hybridized carbons (Fsp3) is 0.455. The van der Waals surface area contributed by atoms with Crippen LogP contribution >= 0.6 is 0 Å². The predicted molar refractivity (Wildman–Crippen MR) is 54.9 cm³/mol. The quantitative estimate of drug-likeness (QED) is 0.789.